The first-order chi connectivity index (χ1) is 2.27. The molecule has 0 spiro atoms. The van der Waals surface area contributed by atoms with Crippen molar-refractivity contribution in [2.24, 2.45) is 0 Å². The number of rotatable bonds is 0. The molecule has 2 heteroatoms. The molecular weight excluding hydrogens is 102 g/mol. The third kappa shape index (κ3) is 4.50. The molecule has 0 aromatic rings. The van der Waals surface area contributed by atoms with Crippen molar-refractivity contribution in [3.05, 3.63) is 0 Å². The van der Waals surface area contributed by atoms with Gasteiger partial charge in [0.05, 0.1) is 0 Å². The van der Waals surface area contributed by atoms with Crippen molar-refractivity contribution in [1.29, 1.82) is 0 Å². The van der Waals surface area contributed by atoms with Gasteiger partial charge in [-0.2, -0.15) is 0 Å². The number of hydrogen-bond acceptors (Lipinski definition) is 0. The number of alkyl halides is 1. The van der Waals surface area contributed by atoms with E-state index in [1.165, 1.54) is 0 Å². The molecular formula is C3H4ClP. The summed E-state index contributed by atoms with van der Waals surface area (Å²) in [7, 11) is 3.63. The summed E-state index contributed by atoms with van der Waals surface area (Å²) in [6.45, 7) is 1.80. The Labute approximate surface area is 39.0 Å². The Morgan fingerprint density at radius 3 is 2.20 bits per heavy atom. The van der Waals surface area contributed by atoms with Crippen LogP contribution in [0, 0.1) is 5.63 Å². The fourth-order valence-corrected chi connectivity index (χ4v) is 0. The van der Waals surface area contributed by atoms with E-state index in [0.29, 0.717) is 0 Å². The van der Waals surface area contributed by atoms with Crippen molar-refractivity contribution in [3.63, 3.8) is 0 Å². The summed E-state index contributed by atoms with van der Waals surface area (Å²) >= 11 is 5.27. The molecule has 0 saturated heterocycles. The third-order valence-electron chi connectivity index (χ3n) is 0.178. The molecule has 28 valence electrons. The molecule has 0 amide bonds. The summed E-state index contributed by atoms with van der Waals surface area (Å²) in [5.41, 5.74) is 2.49. The van der Waals surface area contributed by atoms with Crippen LogP contribution in [0.5, 0.6) is 0 Å². The van der Waals surface area contributed by atoms with Gasteiger partial charge in [-0.3, -0.25) is 0 Å². The van der Waals surface area contributed by atoms with Gasteiger partial charge in [0, 0.05) is 0 Å². The summed E-state index contributed by atoms with van der Waals surface area (Å²) in [5, 5.41) is -0.0293. The van der Waals surface area contributed by atoms with Crippen LogP contribution in [-0.4, -0.2) is 5.38 Å². The second-order valence-corrected chi connectivity index (χ2v) is 1.66. The zero-order valence-electron chi connectivity index (χ0n) is 2.90. The van der Waals surface area contributed by atoms with E-state index >= 15 is 0 Å². The molecule has 0 nitrogen and oxygen atoms in total. The predicted octanol–water partition coefficient (Wildman–Crippen LogP) is 1.98. The van der Waals surface area contributed by atoms with Gasteiger partial charge in [-0.25, -0.2) is 0 Å². The molecule has 0 rings (SSSR count). The minimum absolute atomic E-state index is 0.0293. The van der Waals surface area contributed by atoms with Crippen LogP contribution in [0.25, 0.3) is 0 Å². The van der Waals surface area contributed by atoms with Crippen molar-refractivity contribution in [2.45, 2.75) is 12.3 Å². The molecule has 0 heterocycles. The second kappa shape index (κ2) is 2.72. The van der Waals surface area contributed by atoms with Crippen LogP contribution >= 0.6 is 20.3 Å². The molecule has 0 N–H and O–H groups in total. The topological polar surface area (TPSA) is 0 Å². The first-order valence-corrected chi connectivity index (χ1v) is 2.19. The van der Waals surface area contributed by atoms with E-state index in [-0.39, 0.29) is 5.38 Å². The van der Waals surface area contributed by atoms with E-state index in [0.717, 1.165) is 0 Å². The summed E-state index contributed by atoms with van der Waals surface area (Å²) in [6.07, 6.45) is 0. The Morgan fingerprint density at radius 2 is 2.20 bits per heavy atom. The zero-order chi connectivity index (χ0) is 4.28. The zero-order valence-corrected chi connectivity index (χ0v) is 4.55. The Bertz CT molecular complexity index is 52.4. The van der Waals surface area contributed by atoms with Gasteiger partial charge < -0.3 is 0 Å². The van der Waals surface area contributed by atoms with Gasteiger partial charge in [-0.15, -0.1) is 0 Å². The van der Waals surface area contributed by atoms with E-state index < -0.39 is 0 Å². The van der Waals surface area contributed by atoms with E-state index in [9.17, 15) is 0 Å². The van der Waals surface area contributed by atoms with Crippen LogP contribution in [0.1, 0.15) is 6.92 Å². The Hall–Kier alpha value is 0.500. The monoisotopic (exact) mass is 106 g/mol. The molecule has 0 aromatic heterocycles. The van der Waals surface area contributed by atoms with Gasteiger partial charge in [0.1, 0.15) is 0 Å². The van der Waals surface area contributed by atoms with E-state index in [4.69, 9.17) is 11.6 Å². The van der Waals surface area contributed by atoms with Crippen LogP contribution in [0.15, 0.2) is 0 Å². The third-order valence-corrected chi connectivity index (χ3v) is 0.826. The molecule has 0 aliphatic rings. The van der Waals surface area contributed by atoms with Crippen LogP contribution in [0.4, 0.5) is 0 Å². The summed E-state index contributed by atoms with van der Waals surface area (Å²) in [4.78, 5) is 0. The number of halogens is 1. The Balaban J connectivity index is 2.94. The van der Waals surface area contributed by atoms with Crippen molar-refractivity contribution < 1.29 is 0 Å². The SMILES string of the molecule is CC(Cl)C#P. The quantitative estimate of drug-likeness (QED) is 0.327. The first kappa shape index (κ1) is 5.50. The van der Waals surface area contributed by atoms with Gasteiger partial charge in [-0.1, -0.05) is 0 Å². The van der Waals surface area contributed by atoms with E-state index in [1.54, 1.807) is 6.92 Å². The summed E-state index contributed by atoms with van der Waals surface area (Å²) in [5.74, 6) is 0. The number of hydrogen-bond donors (Lipinski definition) is 0. The van der Waals surface area contributed by atoms with Crippen molar-refractivity contribution in [2.75, 3.05) is 0 Å². The van der Waals surface area contributed by atoms with Crippen molar-refractivity contribution in [1.82, 2.24) is 0 Å². The molecule has 1 atom stereocenters. The average Bonchev–Trinajstić information content (AvgIpc) is 1.38. The molecule has 1 unspecified atom stereocenters. The molecule has 0 saturated carbocycles. The molecule has 0 aliphatic carbocycles. The predicted molar refractivity (Wildman–Crippen MR) is 26.1 cm³/mol. The fourth-order valence-electron chi connectivity index (χ4n) is 0. The molecule has 0 radical (unpaired) electrons. The fraction of sp³-hybridized carbons (Fsp3) is 0.667. The normalized spacial score (nSPS) is 13.0. The Morgan fingerprint density at radius 1 is 2.00 bits per heavy atom. The summed E-state index contributed by atoms with van der Waals surface area (Å²) in [6, 6.07) is 0. The molecule has 0 aliphatic heterocycles. The first-order valence-electron chi connectivity index (χ1n) is 1.31. The average molecular weight is 106 g/mol. The maximum atomic E-state index is 5.27. The van der Waals surface area contributed by atoms with Gasteiger partial charge in [-0.05, 0) is 0 Å². The van der Waals surface area contributed by atoms with Gasteiger partial charge in [0.15, 0.2) is 0 Å². The Kier molecular flexibility index (Phi) is 2.99. The van der Waals surface area contributed by atoms with Gasteiger partial charge in [0.25, 0.3) is 0 Å². The van der Waals surface area contributed by atoms with Gasteiger partial charge >= 0.3 is 38.2 Å². The minimum atomic E-state index is -0.0293. The van der Waals surface area contributed by atoms with Crippen LogP contribution in [0.2, 0.25) is 0 Å². The molecule has 0 aromatic carbocycles. The van der Waals surface area contributed by atoms with Gasteiger partial charge in [0.2, 0.25) is 0 Å². The molecule has 5 heavy (non-hydrogen) atoms. The van der Waals surface area contributed by atoms with Crippen LogP contribution < -0.4 is 0 Å². The standard InChI is InChI=1S/C3H4ClP/c1-3(4)2-5/h3H,1H3. The summed E-state index contributed by atoms with van der Waals surface area (Å²) < 4.78 is 0. The second-order valence-electron chi connectivity index (χ2n) is 0.745. The van der Waals surface area contributed by atoms with Crippen molar-refractivity contribution >= 4 is 20.3 Å². The van der Waals surface area contributed by atoms with E-state index in [1.807, 2.05) is 0 Å². The van der Waals surface area contributed by atoms with Crippen molar-refractivity contribution in [3.8, 4) is 5.63 Å². The van der Waals surface area contributed by atoms with Crippen LogP contribution in [-0.2, 0) is 0 Å². The van der Waals surface area contributed by atoms with Crippen LogP contribution in [0.3, 0.4) is 0 Å². The molecule has 0 fully saturated rings. The maximum absolute atomic E-state index is 5.27. The molecule has 0 bridgehead atoms. The van der Waals surface area contributed by atoms with E-state index in [2.05, 4.69) is 14.3 Å².